The maximum absolute atomic E-state index is 12.6. The van der Waals surface area contributed by atoms with Crippen LogP contribution in [-0.2, 0) is 14.3 Å². The number of ether oxygens (including phenoxy) is 2. The van der Waals surface area contributed by atoms with Gasteiger partial charge in [-0.05, 0) is 46.5 Å². The molecule has 0 bridgehead atoms. The monoisotopic (exact) mass is 311 g/mol. The molecule has 1 fully saturated rings. The van der Waals surface area contributed by atoms with Crippen LogP contribution >= 0.6 is 0 Å². The molecule has 0 amide bonds. The lowest BCUT2D eigenvalue weighted by Crippen LogP contribution is -2.61. The molecule has 1 saturated carbocycles. The molecule has 1 N–H and O–H groups in total. The van der Waals surface area contributed by atoms with Crippen LogP contribution < -0.4 is 5.32 Å². The Kier molecular flexibility index (Phi) is 6.04. The molecule has 0 aromatic carbocycles. The van der Waals surface area contributed by atoms with E-state index in [4.69, 9.17) is 9.47 Å². The molecule has 0 saturated heterocycles. The van der Waals surface area contributed by atoms with Gasteiger partial charge in [-0.3, -0.25) is 5.32 Å². The summed E-state index contributed by atoms with van der Waals surface area (Å²) in [5, 5.41) is 3.08. The predicted octanol–water partition coefficient (Wildman–Crippen LogP) is 2.66. The second kappa shape index (κ2) is 6.96. The molecule has 1 rings (SSSR count). The van der Waals surface area contributed by atoms with Gasteiger partial charge in [0.25, 0.3) is 0 Å². The summed E-state index contributed by atoms with van der Waals surface area (Å²) in [5.41, 5.74) is -1.19. The lowest BCUT2D eigenvalue weighted by atomic mass is 9.93. The van der Waals surface area contributed by atoms with Crippen molar-refractivity contribution >= 4 is 5.97 Å². The number of nitrogens with one attached hydrogen (secondary N) is 1. The highest BCUT2D eigenvalue weighted by atomic mass is 19.4. The first kappa shape index (κ1) is 18.2. The SMILES string of the molecule is CCOC(=O)C(COC(C)C(F)(F)F)(NC(C)C)C1CC1. The van der Waals surface area contributed by atoms with Crippen molar-refractivity contribution in [1.82, 2.24) is 5.32 Å². The summed E-state index contributed by atoms with van der Waals surface area (Å²) in [6.45, 7) is 6.13. The standard InChI is InChI=1S/C14H24F3NO3/c1-5-20-12(19)13(11-6-7-11,18-9(2)3)8-21-10(4)14(15,16)17/h9-11,18H,5-8H2,1-4H3. The largest absolute Gasteiger partial charge is 0.465 e. The normalized spacial score (nSPS) is 20.2. The van der Waals surface area contributed by atoms with Gasteiger partial charge < -0.3 is 9.47 Å². The minimum atomic E-state index is -4.44. The van der Waals surface area contributed by atoms with Crippen molar-refractivity contribution in [3.8, 4) is 0 Å². The molecule has 0 aliphatic heterocycles. The summed E-state index contributed by atoms with van der Waals surface area (Å²) in [7, 11) is 0. The van der Waals surface area contributed by atoms with Crippen LogP contribution in [0.15, 0.2) is 0 Å². The van der Waals surface area contributed by atoms with Crippen LogP contribution in [0.25, 0.3) is 0 Å². The van der Waals surface area contributed by atoms with Crippen molar-refractivity contribution < 1.29 is 27.4 Å². The van der Waals surface area contributed by atoms with Crippen molar-refractivity contribution in [1.29, 1.82) is 0 Å². The predicted molar refractivity (Wildman–Crippen MR) is 71.8 cm³/mol. The first-order valence-corrected chi connectivity index (χ1v) is 7.26. The first-order chi connectivity index (χ1) is 9.63. The quantitative estimate of drug-likeness (QED) is 0.700. The molecule has 2 unspecified atom stereocenters. The van der Waals surface area contributed by atoms with Crippen molar-refractivity contribution in [2.24, 2.45) is 5.92 Å². The second-order valence-corrected chi connectivity index (χ2v) is 5.76. The molecule has 0 radical (unpaired) electrons. The third-order valence-corrected chi connectivity index (χ3v) is 3.48. The average molecular weight is 311 g/mol. The van der Waals surface area contributed by atoms with Gasteiger partial charge in [-0.15, -0.1) is 0 Å². The molecule has 2 atom stereocenters. The summed E-state index contributed by atoms with van der Waals surface area (Å²) in [5.74, 6) is -0.574. The Labute approximate surface area is 123 Å². The number of hydrogen-bond donors (Lipinski definition) is 1. The molecular weight excluding hydrogens is 287 g/mol. The zero-order valence-corrected chi connectivity index (χ0v) is 12.9. The number of rotatable bonds is 8. The smallest absolute Gasteiger partial charge is 0.414 e. The van der Waals surface area contributed by atoms with Crippen LogP contribution in [0.2, 0.25) is 0 Å². The number of carbonyl (C=O) groups excluding carboxylic acids is 1. The van der Waals surface area contributed by atoms with Crippen molar-refractivity contribution in [2.75, 3.05) is 13.2 Å². The fourth-order valence-corrected chi connectivity index (χ4v) is 2.26. The van der Waals surface area contributed by atoms with Gasteiger partial charge in [-0.1, -0.05) is 0 Å². The van der Waals surface area contributed by atoms with Crippen molar-refractivity contribution in [3.05, 3.63) is 0 Å². The summed E-state index contributed by atoms with van der Waals surface area (Å²) < 4.78 is 47.8. The summed E-state index contributed by atoms with van der Waals surface area (Å²) in [4.78, 5) is 12.3. The van der Waals surface area contributed by atoms with Crippen LogP contribution in [0.5, 0.6) is 0 Å². The molecular formula is C14H24F3NO3. The lowest BCUT2D eigenvalue weighted by molar-refractivity contribution is -0.221. The van der Waals surface area contributed by atoms with E-state index < -0.39 is 23.8 Å². The highest BCUT2D eigenvalue weighted by molar-refractivity contribution is 5.82. The fraction of sp³-hybridized carbons (Fsp3) is 0.929. The van der Waals surface area contributed by atoms with Crippen molar-refractivity contribution in [2.45, 2.75) is 64.4 Å². The van der Waals surface area contributed by atoms with Gasteiger partial charge in [0.1, 0.15) is 5.54 Å². The van der Waals surface area contributed by atoms with Crippen LogP contribution in [0.4, 0.5) is 13.2 Å². The Morgan fingerprint density at radius 1 is 1.29 bits per heavy atom. The van der Waals surface area contributed by atoms with Crippen molar-refractivity contribution in [3.63, 3.8) is 0 Å². The Hall–Kier alpha value is -0.820. The van der Waals surface area contributed by atoms with Crippen LogP contribution in [-0.4, -0.2) is 43.0 Å². The first-order valence-electron chi connectivity index (χ1n) is 7.26. The van der Waals surface area contributed by atoms with E-state index in [2.05, 4.69) is 5.32 Å². The molecule has 0 aromatic rings. The highest BCUT2D eigenvalue weighted by Crippen LogP contribution is 2.41. The zero-order chi connectivity index (χ0) is 16.3. The number of esters is 1. The number of alkyl halides is 3. The molecule has 1 aliphatic carbocycles. The maximum Gasteiger partial charge on any atom is 0.414 e. The number of carbonyl (C=O) groups is 1. The van der Waals surface area contributed by atoms with E-state index in [-0.39, 0.29) is 25.2 Å². The van der Waals surface area contributed by atoms with Crippen LogP contribution in [0, 0.1) is 5.92 Å². The topological polar surface area (TPSA) is 47.6 Å². The summed E-state index contributed by atoms with van der Waals surface area (Å²) >= 11 is 0. The Bertz CT molecular complexity index is 356. The molecule has 124 valence electrons. The van der Waals surface area contributed by atoms with E-state index in [0.29, 0.717) is 0 Å². The molecule has 0 heterocycles. The van der Waals surface area contributed by atoms with E-state index >= 15 is 0 Å². The second-order valence-electron chi connectivity index (χ2n) is 5.76. The number of hydrogen-bond acceptors (Lipinski definition) is 4. The minimum absolute atomic E-state index is 0.0422. The molecule has 4 nitrogen and oxygen atoms in total. The maximum atomic E-state index is 12.6. The molecule has 0 aromatic heterocycles. The van der Waals surface area contributed by atoms with E-state index in [1.807, 2.05) is 13.8 Å². The third-order valence-electron chi connectivity index (χ3n) is 3.48. The van der Waals surface area contributed by atoms with Gasteiger partial charge in [0.15, 0.2) is 6.10 Å². The lowest BCUT2D eigenvalue weighted by Gasteiger charge is -2.35. The Balaban J connectivity index is 2.87. The highest BCUT2D eigenvalue weighted by Gasteiger charge is 2.53. The molecule has 7 heteroatoms. The zero-order valence-electron chi connectivity index (χ0n) is 12.9. The van der Waals surface area contributed by atoms with Gasteiger partial charge in [0.05, 0.1) is 13.2 Å². The summed E-state index contributed by atoms with van der Waals surface area (Å²) in [6.07, 6.45) is -4.80. The summed E-state index contributed by atoms with van der Waals surface area (Å²) in [6, 6.07) is -0.0696. The Morgan fingerprint density at radius 2 is 1.86 bits per heavy atom. The van der Waals surface area contributed by atoms with Gasteiger partial charge in [-0.25, -0.2) is 4.79 Å². The minimum Gasteiger partial charge on any atom is -0.465 e. The van der Waals surface area contributed by atoms with Gasteiger partial charge in [0, 0.05) is 6.04 Å². The molecule has 1 aliphatic rings. The molecule has 0 spiro atoms. The fourth-order valence-electron chi connectivity index (χ4n) is 2.26. The van der Waals surface area contributed by atoms with E-state index in [0.717, 1.165) is 19.8 Å². The van der Waals surface area contributed by atoms with Gasteiger partial charge >= 0.3 is 12.1 Å². The van der Waals surface area contributed by atoms with Gasteiger partial charge in [0.2, 0.25) is 0 Å². The van der Waals surface area contributed by atoms with E-state index in [1.165, 1.54) is 0 Å². The third kappa shape index (κ3) is 4.85. The average Bonchev–Trinajstić information content (AvgIpc) is 3.16. The molecule has 21 heavy (non-hydrogen) atoms. The number of halogens is 3. The van der Waals surface area contributed by atoms with E-state index in [1.54, 1.807) is 6.92 Å². The van der Waals surface area contributed by atoms with Crippen LogP contribution in [0.3, 0.4) is 0 Å². The van der Waals surface area contributed by atoms with Crippen LogP contribution in [0.1, 0.15) is 40.5 Å². The van der Waals surface area contributed by atoms with E-state index in [9.17, 15) is 18.0 Å². The Morgan fingerprint density at radius 3 is 2.24 bits per heavy atom. The van der Waals surface area contributed by atoms with Gasteiger partial charge in [-0.2, -0.15) is 13.2 Å².